The molecule has 3 amide bonds. The maximum atomic E-state index is 13.3. The molecule has 2 rings (SSSR count). The Balaban J connectivity index is 2.33. The number of nitrogens with one attached hydrogen (secondary N) is 1. The molecule has 0 saturated heterocycles. The lowest BCUT2D eigenvalue weighted by atomic mass is 10.1. The van der Waals surface area contributed by atoms with Crippen LogP contribution in [0.3, 0.4) is 0 Å². The largest absolute Gasteiger partial charge is 0.493 e. The number of rotatable bonds is 11. The zero-order chi connectivity index (χ0) is 23.5. The number of amides is 3. The van der Waals surface area contributed by atoms with Crippen LogP contribution < -0.4 is 20.5 Å². The normalized spacial score (nSPS) is 10.9. The summed E-state index contributed by atoms with van der Waals surface area (Å²) in [4.78, 5) is 38.0. The Morgan fingerprint density at radius 3 is 2.28 bits per heavy atom. The number of ether oxygens (including phenoxy) is 2. The van der Waals surface area contributed by atoms with E-state index in [0.29, 0.717) is 30.0 Å². The van der Waals surface area contributed by atoms with Crippen molar-refractivity contribution in [1.82, 2.24) is 10.2 Å². The molecular weight excluding hydrogens is 410 g/mol. The highest BCUT2D eigenvalue weighted by Gasteiger charge is 2.20. The van der Waals surface area contributed by atoms with Crippen molar-refractivity contribution >= 4 is 23.8 Å². The van der Waals surface area contributed by atoms with E-state index in [1.54, 1.807) is 24.3 Å². The Hall–Kier alpha value is -3.81. The van der Waals surface area contributed by atoms with Gasteiger partial charge in [0.1, 0.15) is 5.70 Å². The molecular formula is C24H29N3O5. The molecule has 8 nitrogen and oxygen atoms in total. The summed E-state index contributed by atoms with van der Waals surface area (Å²) in [6.07, 6.45) is 2.17. The Morgan fingerprint density at radius 2 is 1.69 bits per heavy atom. The third kappa shape index (κ3) is 7.46. The summed E-state index contributed by atoms with van der Waals surface area (Å²) >= 11 is 0. The molecule has 0 bridgehead atoms. The molecule has 0 spiro atoms. The molecule has 3 N–H and O–H groups in total. The molecule has 0 aliphatic carbocycles. The first-order chi connectivity index (χ1) is 15.3. The van der Waals surface area contributed by atoms with Gasteiger partial charge in [0.25, 0.3) is 5.91 Å². The van der Waals surface area contributed by atoms with E-state index in [9.17, 15) is 14.4 Å². The minimum absolute atomic E-state index is 0.0181. The molecule has 0 heterocycles. The van der Waals surface area contributed by atoms with E-state index in [4.69, 9.17) is 15.2 Å². The van der Waals surface area contributed by atoms with Gasteiger partial charge in [-0.15, -0.1) is 0 Å². The minimum atomic E-state index is -0.507. The molecule has 0 aliphatic rings. The van der Waals surface area contributed by atoms with Crippen LogP contribution in [-0.2, 0) is 20.8 Å². The smallest absolute Gasteiger partial charge is 0.270 e. The second kappa shape index (κ2) is 12.1. The van der Waals surface area contributed by atoms with Crippen molar-refractivity contribution in [3.05, 3.63) is 65.4 Å². The van der Waals surface area contributed by atoms with Gasteiger partial charge in [0.15, 0.2) is 11.5 Å². The van der Waals surface area contributed by atoms with Crippen LogP contribution in [0.4, 0.5) is 0 Å². The van der Waals surface area contributed by atoms with E-state index in [-0.39, 0.29) is 24.6 Å². The van der Waals surface area contributed by atoms with E-state index in [2.05, 4.69) is 5.32 Å². The summed E-state index contributed by atoms with van der Waals surface area (Å²) in [6, 6.07) is 14.8. The van der Waals surface area contributed by atoms with Gasteiger partial charge in [-0.25, -0.2) is 0 Å². The zero-order valence-electron chi connectivity index (χ0n) is 18.6. The summed E-state index contributed by atoms with van der Waals surface area (Å²) in [7, 11) is 3.04. The number of nitrogens with two attached hydrogens (primary N) is 1. The number of carbonyl (C=O) groups is 3. The van der Waals surface area contributed by atoms with Crippen molar-refractivity contribution in [2.75, 3.05) is 27.3 Å². The van der Waals surface area contributed by atoms with Gasteiger partial charge in [0, 0.05) is 26.4 Å². The molecule has 170 valence electrons. The molecule has 0 saturated carbocycles. The topological polar surface area (TPSA) is 111 Å². The number of nitrogens with zero attached hydrogens (tertiary/aromatic N) is 1. The predicted molar refractivity (Wildman–Crippen MR) is 122 cm³/mol. The van der Waals surface area contributed by atoms with Crippen LogP contribution in [0.5, 0.6) is 11.5 Å². The molecule has 8 heteroatoms. The van der Waals surface area contributed by atoms with E-state index >= 15 is 0 Å². The molecule has 0 atom stereocenters. The third-order valence-electron chi connectivity index (χ3n) is 4.69. The van der Waals surface area contributed by atoms with Crippen LogP contribution in [-0.4, -0.2) is 49.9 Å². The minimum Gasteiger partial charge on any atom is -0.493 e. The molecule has 0 radical (unpaired) electrons. The fourth-order valence-electron chi connectivity index (χ4n) is 3.09. The predicted octanol–water partition coefficient (Wildman–Crippen LogP) is 2.13. The molecule has 0 aliphatic heterocycles. The summed E-state index contributed by atoms with van der Waals surface area (Å²) in [5.74, 6) is -0.267. The van der Waals surface area contributed by atoms with Gasteiger partial charge < -0.3 is 25.4 Å². The van der Waals surface area contributed by atoms with Gasteiger partial charge in [-0.05, 0) is 35.8 Å². The lowest BCUT2D eigenvalue weighted by Gasteiger charge is -2.24. The Labute approximate surface area is 188 Å². The van der Waals surface area contributed by atoms with E-state index < -0.39 is 11.8 Å². The van der Waals surface area contributed by atoms with Crippen molar-refractivity contribution in [1.29, 1.82) is 0 Å². The number of benzene rings is 2. The second-order valence-corrected chi connectivity index (χ2v) is 7.10. The number of hydrogen-bond donors (Lipinski definition) is 2. The van der Waals surface area contributed by atoms with Crippen LogP contribution >= 0.6 is 0 Å². The highest BCUT2D eigenvalue weighted by atomic mass is 16.5. The first-order valence-electron chi connectivity index (χ1n) is 10.2. The van der Waals surface area contributed by atoms with Crippen LogP contribution in [0.25, 0.3) is 6.08 Å². The quantitative estimate of drug-likeness (QED) is 0.521. The van der Waals surface area contributed by atoms with Crippen LogP contribution in [0.1, 0.15) is 24.5 Å². The monoisotopic (exact) mass is 439 g/mol. The van der Waals surface area contributed by atoms with Gasteiger partial charge in [0.2, 0.25) is 11.8 Å². The lowest BCUT2D eigenvalue weighted by molar-refractivity contribution is -0.130. The van der Waals surface area contributed by atoms with Gasteiger partial charge in [-0.2, -0.15) is 0 Å². The maximum Gasteiger partial charge on any atom is 0.270 e. The summed E-state index contributed by atoms with van der Waals surface area (Å²) in [6.45, 7) is 1.83. The average molecular weight is 440 g/mol. The van der Waals surface area contributed by atoms with E-state index in [0.717, 1.165) is 5.56 Å². The zero-order valence-corrected chi connectivity index (χ0v) is 18.6. The fourth-order valence-corrected chi connectivity index (χ4v) is 3.09. The second-order valence-electron chi connectivity index (χ2n) is 7.10. The van der Waals surface area contributed by atoms with Crippen molar-refractivity contribution in [2.24, 2.45) is 5.73 Å². The molecule has 32 heavy (non-hydrogen) atoms. The molecule has 0 aromatic heterocycles. The van der Waals surface area contributed by atoms with Gasteiger partial charge in [-0.3, -0.25) is 14.4 Å². The molecule has 2 aromatic carbocycles. The van der Waals surface area contributed by atoms with Crippen molar-refractivity contribution in [3.63, 3.8) is 0 Å². The SMILES string of the molecule is COc1ccc(/C=C(\NC(C)=O)C(=O)N(CCC(N)=O)CCc2ccccc2)cc1OC. The fraction of sp³-hybridized carbons (Fsp3) is 0.292. The average Bonchev–Trinajstić information content (AvgIpc) is 2.78. The Morgan fingerprint density at radius 1 is 1.00 bits per heavy atom. The first-order valence-corrected chi connectivity index (χ1v) is 10.2. The van der Waals surface area contributed by atoms with Crippen LogP contribution in [0.2, 0.25) is 0 Å². The standard InChI is InChI=1S/C24H29N3O5/c1-17(28)26-20(15-19-9-10-21(31-2)22(16-19)32-3)24(30)27(14-12-23(25)29)13-11-18-7-5-4-6-8-18/h4-10,15-16H,11-14H2,1-3H3,(H2,25,29)(H,26,28)/b20-15-. The highest BCUT2D eigenvalue weighted by molar-refractivity contribution is 6.01. The lowest BCUT2D eigenvalue weighted by Crippen LogP contribution is -2.40. The van der Waals surface area contributed by atoms with Gasteiger partial charge >= 0.3 is 0 Å². The number of primary amides is 1. The van der Waals surface area contributed by atoms with Gasteiger partial charge in [-0.1, -0.05) is 36.4 Å². The Kier molecular flexibility index (Phi) is 9.28. The van der Waals surface area contributed by atoms with Crippen molar-refractivity contribution in [2.45, 2.75) is 19.8 Å². The van der Waals surface area contributed by atoms with Crippen LogP contribution in [0, 0.1) is 0 Å². The maximum absolute atomic E-state index is 13.3. The Bertz CT molecular complexity index is 973. The van der Waals surface area contributed by atoms with E-state index in [1.165, 1.54) is 26.0 Å². The van der Waals surface area contributed by atoms with Crippen LogP contribution in [0.15, 0.2) is 54.2 Å². The summed E-state index contributed by atoms with van der Waals surface area (Å²) in [5, 5.41) is 2.60. The summed E-state index contributed by atoms with van der Waals surface area (Å²) in [5.41, 5.74) is 7.07. The van der Waals surface area contributed by atoms with Gasteiger partial charge in [0.05, 0.1) is 14.2 Å². The first kappa shape index (κ1) is 24.5. The number of hydrogen-bond acceptors (Lipinski definition) is 5. The molecule has 0 fully saturated rings. The summed E-state index contributed by atoms with van der Waals surface area (Å²) < 4.78 is 10.6. The van der Waals surface area contributed by atoms with Crippen molar-refractivity contribution in [3.8, 4) is 11.5 Å². The molecule has 2 aromatic rings. The van der Waals surface area contributed by atoms with Crippen molar-refractivity contribution < 1.29 is 23.9 Å². The third-order valence-corrected chi connectivity index (χ3v) is 4.69. The molecule has 0 unspecified atom stereocenters. The number of methoxy groups -OCH3 is 2. The highest BCUT2D eigenvalue weighted by Crippen LogP contribution is 2.28. The number of carbonyl (C=O) groups excluding carboxylic acids is 3. The van der Waals surface area contributed by atoms with E-state index in [1.807, 2.05) is 30.3 Å².